The van der Waals surface area contributed by atoms with Crippen molar-refractivity contribution < 1.29 is 0 Å². The topological polar surface area (TPSA) is 48.5 Å². The zero-order valence-corrected chi connectivity index (χ0v) is 23.7. The first kappa shape index (κ1) is 24.5. The van der Waals surface area contributed by atoms with Crippen LogP contribution < -0.4 is 0 Å². The first-order chi connectivity index (χ1) is 21.8. The van der Waals surface area contributed by atoms with Crippen molar-refractivity contribution in [1.29, 1.82) is 0 Å². The van der Waals surface area contributed by atoms with E-state index in [0.717, 1.165) is 50.7 Å². The van der Waals surface area contributed by atoms with E-state index >= 15 is 0 Å². The first-order valence-corrected chi connectivity index (χ1v) is 14.7. The number of hydrogen-bond donors (Lipinski definition) is 0. The van der Waals surface area contributed by atoms with Crippen molar-refractivity contribution in [1.82, 2.24) is 24.1 Å². The standard InChI is InChI=1S/C39H25N5/c1-2-13-27(14-3-1)43-36-19-7-6-16-30(36)38-39(43)31-21-20-26-12-4-5-15-29(26)37(31)44(38)28-24-34(32-17-8-10-22-40-32)42-35(25-28)33-18-9-11-23-41-33/h1-25H. The van der Waals surface area contributed by atoms with Gasteiger partial charge in [0.25, 0.3) is 0 Å². The molecule has 5 heterocycles. The Balaban J connectivity index is 1.50. The third-order valence-electron chi connectivity index (χ3n) is 8.39. The van der Waals surface area contributed by atoms with Gasteiger partial charge in [-0.25, -0.2) is 4.98 Å². The summed E-state index contributed by atoms with van der Waals surface area (Å²) in [6.45, 7) is 0. The molecule has 0 unspecified atom stereocenters. The summed E-state index contributed by atoms with van der Waals surface area (Å²) in [7, 11) is 0. The van der Waals surface area contributed by atoms with E-state index in [-0.39, 0.29) is 0 Å². The van der Waals surface area contributed by atoms with Gasteiger partial charge in [-0.3, -0.25) is 9.97 Å². The van der Waals surface area contributed by atoms with E-state index in [0.29, 0.717) is 0 Å². The molecule has 0 spiro atoms. The molecule has 44 heavy (non-hydrogen) atoms. The van der Waals surface area contributed by atoms with E-state index in [1.165, 1.54) is 27.1 Å². The molecular formula is C39H25N5. The Hall–Kier alpha value is -6.07. The van der Waals surface area contributed by atoms with Crippen LogP contribution in [0.3, 0.4) is 0 Å². The Bertz CT molecular complexity index is 2420. The summed E-state index contributed by atoms with van der Waals surface area (Å²) in [6, 6.07) is 48.7. The highest BCUT2D eigenvalue weighted by Crippen LogP contribution is 2.43. The Morgan fingerprint density at radius 1 is 0.386 bits per heavy atom. The molecular weight excluding hydrogens is 538 g/mol. The van der Waals surface area contributed by atoms with Crippen LogP contribution in [0.2, 0.25) is 0 Å². The van der Waals surface area contributed by atoms with Crippen LogP contribution in [0.25, 0.3) is 77.8 Å². The van der Waals surface area contributed by atoms with Gasteiger partial charge in [0, 0.05) is 34.2 Å². The van der Waals surface area contributed by atoms with Crippen molar-refractivity contribution in [2.75, 3.05) is 0 Å². The Morgan fingerprint density at radius 2 is 1.00 bits per heavy atom. The van der Waals surface area contributed by atoms with Gasteiger partial charge >= 0.3 is 0 Å². The quantitative estimate of drug-likeness (QED) is 0.214. The van der Waals surface area contributed by atoms with Crippen LogP contribution in [-0.2, 0) is 0 Å². The van der Waals surface area contributed by atoms with Gasteiger partial charge < -0.3 is 9.13 Å². The number of rotatable bonds is 4. The second kappa shape index (κ2) is 9.75. The van der Waals surface area contributed by atoms with Gasteiger partial charge in [0.05, 0.1) is 50.5 Å². The molecule has 5 nitrogen and oxygen atoms in total. The van der Waals surface area contributed by atoms with Crippen molar-refractivity contribution in [3.8, 4) is 34.2 Å². The van der Waals surface area contributed by atoms with Gasteiger partial charge in [0.2, 0.25) is 0 Å². The highest BCUT2D eigenvalue weighted by Gasteiger charge is 2.24. The predicted molar refractivity (Wildman–Crippen MR) is 179 cm³/mol. The summed E-state index contributed by atoms with van der Waals surface area (Å²) in [5.74, 6) is 0. The van der Waals surface area contributed by atoms with Gasteiger partial charge in [-0.2, -0.15) is 0 Å². The molecule has 5 aromatic heterocycles. The van der Waals surface area contributed by atoms with Gasteiger partial charge in [0.15, 0.2) is 0 Å². The van der Waals surface area contributed by atoms with Gasteiger partial charge in [-0.1, -0.05) is 84.9 Å². The fourth-order valence-corrected chi connectivity index (χ4v) is 6.54. The van der Waals surface area contributed by atoms with E-state index < -0.39 is 0 Å². The third-order valence-corrected chi connectivity index (χ3v) is 8.39. The molecule has 4 aromatic carbocycles. The monoisotopic (exact) mass is 563 g/mol. The second-order valence-electron chi connectivity index (χ2n) is 10.9. The van der Waals surface area contributed by atoms with Crippen LogP contribution in [0.4, 0.5) is 0 Å². The molecule has 0 saturated heterocycles. The van der Waals surface area contributed by atoms with Crippen molar-refractivity contribution in [2.24, 2.45) is 0 Å². The molecule has 0 N–H and O–H groups in total. The lowest BCUT2D eigenvalue weighted by molar-refractivity contribution is 1.15. The normalized spacial score (nSPS) is 11.6. The summed E-state index contributed by atoms with van der Waals surface area (Å²) < 4.78 is 4.83. The van der Waals surface area contributed by atoms with Crippen molar-refractivity contribution in [3.63, 3.8) is 0 Å². The lowest BCUT2D eigenvalue weighted by Gasteiger charge is -2.14. The number of fused-ring (bicyclic) bond motifs is 7. The Morgan fingerprint density at radius 3 is 1.70 bits per heavy atom. The average Bonchev–Trinajstić information content (AvgIpc) is 3.62. The highest BCUT2D eigenvalue weighted by atomic mass is 15.1. The van der Waals surface area contributed by atoms with Crippen LogP contribution in [0.15, 0.2) is 152 Å². The fourth-order valence-electron chi connectivity index (χ4n) is 6.54. The average molecular weight is 564 g/mol. The molecule has 9 rings (SSSR count). The number of hydrogen-bond acceptors (Lipinski definition) is 3. The minimum absolute atomic E-state index is 0.797. The minimum atomic E-state index is 0.797. The molecule has 206 valence electrons. The largest absolute Gasteiger partial charge is 0.307 e. The molecule has 0 aliphatic carbocycles. The van der Waals surface area contributed by atoms with E-state index in [2.05, 4.69) is 122 Å². The lowest BCUT2D eigenvalue weighted by Crippen LogP contribution is -2.00. The molecule has 9 aromatic rings. The molecule has 0 amide bonds. The summed E-state index contributed by atoms with van der Waals surface area (Å²) in [6.07, 6.45) is 3.63. The van der Waals surface area contributed by atoms with Crippen LogP contribution in [0, 0.1) is 0 Å². The summed E-state index contributed by atoms with van der Waals surface area (Å²) in [4.78, 5) is 14.4. The lowest BCUT2D eigenvalue weighted by atomic mass is 10.1. The van der Waals surface area contributed by atoms with Gasteiger partial charge in [-0.05, 0) is 60.0 Å². The van der Waals surface area contributed by atoms with Crippen molar-refractivity contribution >= 4 is 43.6 Å². The summed E-state index contributed by atoms with van der Waals surface area (Å²) in [5, 5.41) is 4.76. The molecule has 0 fully saturated rings. The first-order valence-electron chi connectivity index (χ1n) is 14.7. The van der Waals surface area contributed by atoms with E-state index in [9.17, 15) is 0 Å². The second-order valence-corrected chi connectivity index (χ2v) is 10.9. The van der Waals surface area contributed by atoms with Crippen LogP contribution >= 0.6 is 0 Å². The molecule has 0 bridgehead atoms. The molecule has 0 aliphatic heterocycles. The molecule has 5 heteroatoms. The maximum atomic E-state index is 5.08. The minimum Gasteiger partial charge on any atom is -0.307 e. The van der Waals surface area contributed by atoms with Gasteiger partial charge in [0.1, 0.15) is 0 Å². The Labute approximate surface area is 253 Å². The smallest absolute Gasteiger partial charge is 0.0915 e. The number of aromatic nitrogens is 5. The van der Waals surface area contributed by atoms with Crippen LogP contribution in [0.1, 0.15) is 0 Å². The summed E-state index contributed by atoms with van der Waals surface area (Å²) in [5.41, 5.74) is 10.0. The predicted octanol–water partition coefficient (Wildman–Crippen LogP) is 9.40. The maximum absolute atomic E-state index is 5.08. The SMILES string of the molecule is c1ccc(-n2c3ccccc3c3c2c2ccc4ccccc4c2n3-c2cc(-c3ccccn3)nc(-c3ccccn3)c2)cc1. The number of para-hydroxylation sites is 2. The number of nitrogens with zero attached hydrogens (tertiary/aromatic N) is 5. The molecule has 0 atom stereocenters. The number of benzene rings is 4. The molecule has 0 radical (unpaired) electrons. The van der Waals surface area contributed by atoms with Crippen molar-refractivity contribution in [3.05, 3.63) is 152 Å². The highest BCUT2D eigenvalue weighted by molar-refractivity contribution is 6.24. The molecule has 0 aliphatic rings. The van der Waals surface area contributed by atoms with Crippen molar-refractivity contribution in [2.45, 2.75) is 0 Å². The summed E-state index contributed by atoms with van der Waals surface area (Å²) >= 11 is 0. The van der Waals surface area contributed by atoms with Crippen LogP contribution in [0.5, 0.6) is 0 Å². The maximum Gasteiger partial charge on any atom is 0.0915 e. The fraction of sp³-hybridized carbons (Fsp3) is 0. The van der Waals surface area contributed by atoms with E-state index in [4.69, 9.17) is 4.98 Å². The van der Waals surface area contributed by atoms with E-state index in [1.54, 1.807) is 0 Å². The zero-order chi connectivity index (χ0) is 29.0. The molecule has 0 saturated carbocycles. The zero-order valence-electron chi connectivity index (χ0n) is 23.7. The third kappa shape index (κ3) is 3.69. The Kier molecular flexibility index (Phi) is 5.43. The van der Waals surface area contributed by atoms with E-state index in [1.807, 2.05) is 48.8 Å². The number of pyridine rings is 3. The van der Waals surface area contributed by atoms with Crippen LogP contribution in [-0.4, -0.2) is 24.1 Å². The van der Waals surface area contributed by atoms with Gasteiger partial charge in [-0.15, -0.1) is 0 Å².